The molecule has 22 heavy (non-hydrogen) atoms. The molecule has 0 aliphatic heterocycles. The van der Waals surface area contributed by atoms with E-state index in [2.05, 4.69) is 10.3 Å². The predicted molar refractivity (Wildman–Crippen MR) is 101 cm³/mol. The van der Waals surface area contributed by atoms with Gasteiger partial charge in [0.2, 0.25) is 0 Å². The van der Waals surface area contributed by atoms with Gasteiger partial charge >= 0.3 is 0 Å². The molecule has 6 heteroatoms. The second-order valence-electron chi connectivity index (χ2n) is 5.80. The van der Waals surface area contributed by atoms with Crippen molar-refractivity contribution >= 4 is 35.6 Å². The van der Waals surface area contributed by atoms with E-state index < -0.39 is 0 Å². The fraction of sp³-hybridized carbons (Fsp3) is 0.562. The molecule has 1 fully saturated rings. The molecule has 0 aromatic heterocycles. The van der Waals surface area contributed by atoms with Crippen molar-refractivity contribution in [3.63, 3.8) is 0 Å². The standard InChI is InChI=1S/C16H25N3O2.HI/c1-11(2)21-14-8-6-13(7-9-14)19-16(17)18-10-12-4-3-5-15(12)20;/h6-9,11-12,15,20H,3-5,10H2,1-2H3,(H3,17,18,19);1H. The maximum atomic E-state index is 9.75. The third-order valence-electron chi connectivity index (χ3n) is 3.61. The number of hydrogen-bond acceptors (Lipinski definition) is 3. The number of guanidine groups is 1. The Balaban J connectivity index is 0.00000242. The third kappa shape index (κ3) is 6.00. The summed E-state index contributed by atoms with van der Waals surface area (Å²) in [5.74, 6) is 1.46. The number of rotatable bonds is 5. The Bertz CT molecular complexity index is 477. The number of aliphatic hydroxyl groups is 1. The first-order valence-corrected chi connectivity index (χ1v) is 7.56. The number of nitrogens with one attached hydrogen (secondary N) is 1. The van der Waals surface area contributed by atoms with Gasteiger partial charge in [0.05, 0.1) is 12.2 Å². The summed E-state index contributed by atoms with van der Waals surface area (Å²) in [4.78, 5) is 4.31. The van der Waals surface area contributed by atoms with Gasteiger partial charge in [-0.05, 0) is 51.0 Å². The van der Waals surface area contributed by atoms with Crippen molar-refractivity contribution in [1.82, 2.24) is 0 Å². The molecule has 0 bridgehead atoms. The molecule has 0 heterocycles. The van der Waals surface area contributed by atoms with Crippen LogP contribution in [-0.4, -0.2) is 29.8 Å². The maximum Gasteiger partial charge on any atom is 0.193 e. The average Bonchev–Trinajstić information content (AvgIpc) is 2.84. The highest BCUT2D eigenvalue weighted by molar-refractivity contribution is 14.0. The van der Waals surface area contributed by atoms with Crippen LogP contribution in [0.2, 0.25) is 0 Å². The third-order valence-corrected chi connectivity index (χ3v) is 3.61. The highest BCUT2D eigenvalue weighted by atomic mass is 127. The molecule has 124 valence electrons. The Morgan fingerprint density at radius 1 is 1.36 bits per heavy atom. The number of hydrogen-bond donors (Lipinski definition) is 3. The van der Waals surface area contributed by atoms with Crippen molar-refractivity contribution in [2.24, 2.45) is 16.6 Å². The van der Waals surface area contributed by atoms with Gasteiger partial charge in [-0.1, -0.05) is 6.42 Å². The average molecular weight is 419 g/mol. The Kier molecular flexibility index (Phi) is 7.95. The van der Waals surface area contributed by atoms with Gasteiger partial charge in [-0.25, -0.2) is 0 Å². The van der Waals surface area contributed by atoms with Crippen LogP contribution in [-0.2, 0) is 0 Å². The van der Waals surface area contributed by atoms with Crippen LogP contribution in [0, 0.1) is 5.92 Å². The van der Waals surface area contributed by atoms with Crippen molar-refractivity contribution in [3.05, 3.63) is 24.3 Å². The van der Waals surface area contributed by atoms with Crippen LogP contribution >= 0.6 is 24.0 Å². The highest BCUT2D eigenvalue weighted by Gasteiger charge is 2.24. The van der Waals surface area contributed by atoms with E-state index in [1.165, 1.54) is 0 Å². The van der Waals surface area contributed by atoms with Gasteiger partial charge in [0, 0.05) is 18.2 Å². The molecule has 0 radical (unpaired) electrons. The van der Waals surface area contributed by atoms with Crippen molar-refractivity contribution in [3.8, 4) is 5.75 Å². The molecule has 5 nitrogen and oxygen atoms in total. The van der Waals surface area contributed by atoms with Gasteiger partial charge in [-0.3, -0.25) is 4.99 Å². The lowest BCUT2D eigenvalue weighted by molar-refractivity contribution is 0.137. The van der Waals surface area contributed by atoms with Gasteiger partial charge in [-0.2, -0.15) is 0 Å². The minimum atomic E-state index is -0.228. The molecule has 1 saturated carbocycles. The van der Waals surface area contributed by atoms with Crippen molar-refractivity contribution in [2.75, 3.05) is 11.9 Å². The van der Waals surface area contributed by atoms with E-state index in [1.807, 2.05) is 38.1 Å². The van der Waals surface area contributed by atoms with Gasteiger partial charge in [0.15, 0.2) is 5.96 Å². The van der Waals surface area contributed by atoms with E-state index >= 15 is 0 Å². The molecule has 1 aliphatic rings. The van der Waals surface area contributed by atoms with Crippen molar-refractivity contribution in [1.29, 1.82) is 0 Å². The summed E-state index contributed by atoms with van der Waals surface area (Å²) in [5, 5.41) is 12.8. The number of ether oxygens (including phenoxy) is 1. The van der Waals surface area contributed by atoms with Crippen LogP contribution in [0.25, 0.3) is 0 Å². The van der Waals surface area contributed by atoms with E-state index in [4.69, 9.17) is 10.5 Å². The van der Waals surface area contributed by atoms with Crippen LogP contribution < -0.4 is 15.8 Å². The van der Waals surface area contributed by atoms with Crippen LogP contribution in [0.1, 0.15) is 33.1 Å². The summed E-state index contributed by atoms with van der Waals surface area (Å²) in [7, 11) is 0. The topological polar surface area (TPSA) is 79.9 Å². The van der Waals surface area contributed by atoms with Crippen LogP contribution in [0.3, 0.4) is 0 Å². The molecule has 1 aliphatic carbocycles. The molecule has 2 unspecified atom stereocenters. The second-order valence-corrected chi connectivity index (χ2v) is 5.80. The normalized spacial score (nSPS) is 21.5. The number of aliphatic hydroxyl groups excluding tert-OH is 1. The van der Waals surface area contributed by atoms with E-state index in [9.17, 15) is 5.11 Å². The second kappa shape index (κ2) is 9.19. The van der Waals surface area contributed by atoms with Crippen LogP contribution in [0.5, 0.6) is 5.75 Å². The largest absolute Gasteiger partial charge is 0.491 e. The Labute approximate surface area is 149 Å². The summed E-state index contributed by atoms with van der Waals surface area (Å²) in [6, 6.07) is 7.61. The molecule has 0 amide bonds. The van der Waals surface area contributed by atoms with Gasteiger partial charge in [0.25, 0.3) is 0 Å². The molecule has 0 saturated heterocycles. The quantitative estimate of drug-likeness (QED) is 0.390. The molecule has 0 spiro atoms. The molecule has 2 rings (SSSR count). The Hall–Kier alpha value is -1.02. The Morgan fingerprint density at radius 3 is 2.59 bits per heavy atom. The SMILES string of the molecule is CC(C)Oc1ccc(NC(N)=NCC2CCCC2O)cc1.I. The lowest BCUT2D eigenvalue weighted by Gasteiger charge is -2.13. The minimum Gasteiger partial charge on any atom is -0.491 e. The predicted octanol–water partition coefficient (Wildman–Crippen LogP) is 2.98. The molecule has 1 aromatic rings. The fourth-order valence-electron chi connectivity index (χ4n) is 2.52. The zero-order chi connectivity index (χ0) is 15.2. The zero-order valence-electron chi connectivity index (χ0n) is 13.2. The first kappa shape index (κ1) is 19.0. The van der Waals surface area contributed by atoms with Crippen LogP contribution in [0.4, 0.5) is 5.69 Å². The van der Waals surface area contributed by atoms with Gasteiger partial charge in [0.1, 0.15) is 5.75 Å². The molecular weight excluding hydrogens is 393 g/mol. The molecule has 1 aromatic carbocycles. The number of benzene rings is 1. The van der Waals surface area contributed by atoms with E-state index in [0.717, 1.165) is 30.7 Å². The van der Waals surface area contributed by atoms with Gasteiger partial charge < -0.3 is 20.9 Å². The number of aliphatic imine (C=N–C) groups is 1. The van der Waals surface area contributed by atoms with Crippen molar-refractivity contribution in [2.45, 2.75) is 45.3 Å². The van der Waals surface area contributed by atoms with E-state index in [1.54, 1.807) is 0 Å². The summed E-state index contributed by atoms with van der Waals surface area (Å²) in [6.45, 7) is 4.57. The van der Waals surface area contributed by atoms with Crippen LogP contribution in [0.15, 0.2) is 29.3 Å². The first-order valence-electron chi connectivity index (χ1n) is 7.56. The summed E-state index contributed by atoms with van der Waals surface area (Å²) in [5.41, 5.74) is 6.75. The van der Waals surface area contributed by atoms with Gasteiger partial charge in [-0.15, -0.1) is 24.0 Å². The number of halogens is 1. The molecular formula is C16H26IN3O2. The fourth-order valence-corrected chi connectivity index (χ4v) is 2.52. The smallest absolute Gasteiger partial charge is 0.193 e. The summed E-state index contributed by atoms with van der Waals surface area (Å²) in [6.07, 6.45) is 2.91. The zero-order valence-corrected chi connectivity index (χ0v) is 15.5. The van der Waals surface area contributed by atoms with Crippen molar-refractivity contribution < 1.29 is 9.84 Å². The number of nitrogens with zero attached hydrogens (tertiary/aromatic N) is 1. The summed E-state index contributed by atoms with van der Waals surface area (Å²) < 4.78 is 5.58. The summed E-state index contributed by atoms with van der Waals surface area (Å²) >= 11 is 0. The number of nitrogens with two attached hydrogens (primary N) is 1. The maximum absolute atomic E-state index is 9.75. The first-order chi connectivity index (χ1) is 10.0. The lowest BCUT2D eigenvalue weighted by Crippen LogP contribution is -2.25. The van der Waals surface area contributed by atoms with E-state index in [-0.39, 0.29) is 42.1 Å². The highest BCUT2D eigenvalue weighted by Crippen LogP contribution is 2.25. The minimum absolute atomic E-state index is 0. The lowest BCUT2D eigenvalue weighted by atomic mass is 10.1. The molecule has 4 N–H and O–H groups in total. The number of anilines is 1. The van der Waals surface area contributed by atoms with E-state index in [0.29, 0.717) is 12.5 Å². The molecule has 2 atom stereocenters. The monoisotopic (exact) mass is 419 g/mol. The Morgan fingerprint density at radius 2 is 2.05 bits per heavy atom.